The fourth-order valence-corrected chi connectivity index (χ4v) is 2.60. The van der Waals surface area contributed by atoms with E-state index in [2.05, 4.69) is 25.3 Å². The van der Waals surface area contributed by atoms with Gasteiger partial charge in [0, 0.05) is 35.3 Å². The van der Waals surface area contributed by atoms with E-state index in [-0.39, 0.29) is 41.0 Å². The first-order chi connectivity index (χ1) is 14.6. The molecule has 0 bridgehead atoms. The summed E-state index contributed by atoms with van der Waals surface area (Å²) in [5.41, 5.74) is 0.349. The number of halogens is 3. The molecule has 2 aromatic heterocycles. The molecule has 3 rings (SSSR count). The minimum absolute atomic E-state index is 0.0106. The van der Waals surface area contributed by atoms with Crippen molar-refractivity contribution in [2.75, 3.05) is 19.0 Å². The van der Waals surface area contributed by atoms with Crippen molar-refractivity contribution in [2.24, 2.45) is 5.41 Å². The average molecular weight is 438 g/mol. The average Bonchev–Trinajstić information content (AvgIpc) is 3.49. The Morgan fingerprint density at radius 2 is 1.97 bits per heavy atom. The van der Waals surface area contributed by atoms with Gasteiger partial charge in [-0.2, -0.15) is 18.2 Å². The van der Waals surface area contributed by atoms with Gasteiger partial charge in [0.1, 0.15) is 5.82 Å². The molecule has 0 spiro atoms. The van der Waals surface area contributed by atoms with E-state index in [1.807, 2.05) is 6.92 Å². The van der Waals surface area contributed by atoms with Crippen LogP contribution in [0, 0.1) is 5.41 Å². The second-order valence-electron chi connectivity index (χ2n) is 7.35. The molecule has 1 fully saturated rings. The third-order valence-electron chi connectivity index (χ3n) is 4.74. The molecule has 2 heterocycles. The highest BCUT2D eigenvalue weighted by Gasteiger charge is 2.45. The smallest absolute Gasteiger partial charge is 0.422 e. The van der Waals surface area contributed by atoms with Gasteiger partial charge in [0.2, 0.25) is 17.7 Å². The molecule has 31 heavy (non-hydrogen) atoms. The van der Waals surface area contributed by atoms with Crippen LogP contribution >= 0.6 is 0 Å². The molecule has 0 aromatic carbocycles. The number of pyridine rings is 2. The summed E-state index contributed by atoms with van der Waals surface area (Å²) in [7, 11) is 1.30. The lowest BCUT2D eigenvalue weighted by Crippen LogP contribution is -2.25. The topological polar surface area (TPSA) is 102 Å². The number of carbonyl (C=O) groups excluding carboxylic acids is 2. The molecular weight excluding hydrogens is 417 g/mol. The fraction of sp³-hybridized carbons (Fsp3) is 0.400. The van der Waals surface area contributed by atoms with Crippen LogP contribution < -0.4 is 20.1 Å². The highest BCUT2D eigenvalue weighted by atomic mass is 19.4. The lowest BCUT2D eigenvalue weighted by atomic mass is 10.1. The summed E-state index contributed by atoms with van der Waals surface area (Å²) in [6.07, 6.45) is -1.45. The van der Waals surface area contributed by atoms with Crippen molar-refractivity contribution in [3.8, 4) is 11.8 Å². The molecular formula is C20H21F3N4O4. The Morgan fingerprint density at radius 1 is 1.23 bits per heavy atom. The molecule has 0 radical (unpaired) electrons. The first-order valence-electron chi connectivity index (χ1n) is 9.39. The minimum atomic E-state index is -4.49. The van der Waals surface area contributed by atoms with E-state index in [0.717, 1.165) is 12.8 Å². The molecule has 0 atom stereocenters. The summed E-state index contributed by atoms with van der Waals surface area (Å²) in [4.78, 5) is 32.5. The Bertz CT molecular complexity index is 977. The molecule has 2 aromatic rings. The molecule has 1 aliphatic carbocycles. The maximum Gasteiger partial charge on any atom is 0.422 e. The standard InChI is InChI=1S/C20H21F3N4O4/c1-19(6-7-19)18(29)26-14-9-12(5-8-24-14)16(28)25-10-13-3-4-15(27-17(13)30-2)31-11-20(21,22)23/h3-5,8-9H,6-7,10-11H2,1-2H3,(H,25,28)(H,24,26,29). The minimum Gasteiger partial charge on any atom is -0.481 e. The summed E-state index contributed by atoms with van der Waals surface area (Å²) in [5, 5.41) is 5.37. The summed E-state index contributed by atoms with van der Waals surface area (Å²) in [6.45, 7) is 0.399. The molecule has 11 heteroatoms. The Hall–Kier alpha value is -3.37. The lowest BCUT2D eigenvalue weighted by molar-refractivity contribution is -0.154. The summed E-state index contributed by atoms with van der Waals surface area (Å²) >= 11 is 0. The number of rotatable bonds is 8. The van der Waals surface area contributed by atoms with Crippen LogP contribution in [-0.2, 0) is 11.3 Å². The van der Waals surface area contributed by atoms with Crippen LogP contribution in [0.3, 0.4) is 0 Å². The summed E-state index contributed by atoms with van der Waals surface area (Å²) in [6, 6.07) is 5.66. The highest BCUT2D eigenvalue weighted by Crippen LogP contribution is 2.45. The van der Waals surface area contributed by atoms with Crippen LogP contribution in [0.4, 0.5) is 19.0 Å². The summed E-state index contributed by atoms with van der Waals surface area (Å²) < 4.78 is 46.5. The number of hydrogen-bond acceptors (Lipinski definition) is 6. The zero-order valence-corrected chi connectivity index (χ0v) is 16.9. The Labute approximate surface area is 176 Å². The first-order valence-corrected chi connectivity index (χ1v) is 9.39. The van der Waals surface area contributed by atoms with Gasteiger partial charge in [-0.3, -0.25) is 9.59 Å². The number of anilines is 1. The normalized spacial score (nSPS) is 14.5. The van der Waals surface area contributed by atoms with Crippen molar-refractivity contribution in [3.05, 3.63) is 41.6 Å². The van der Waals surface area contributed by atoms with Crippen molar-refractivity contribution in [1.29, 1.82) is 0 Å². The van der Waals surface area contributed by atoms with Crippen LogP contribution in [0.15, 0.2) is 30.5 Å². The predicted octanol–water partition coefficient (Wildman–Crippen LogP) is 3.09. The van der Waals surface area contributed by atoms with Crippen molar-refractivity contribution in [3.63, 3.8) is 0 Å². The van der Waals surface area contributed by atoms with E-state index in [1.165, 1.54) is 37.6 Å². The monoisotopic (exact) mass is 438 g/mol. The second kappa shape index (κ2) is 8.78. The van der Waals surface area contributed by atoms with E-state index in [0.29, 0.717) is 5.56 Å². The first kappa shape index (κ1) is 22.3. The van der Waals surface area contributed by atoms with Gasteiger partial charge in [-0.05, 0) is 31.0 Å². The van der Waals surface area contributed by atoms with E-state index in [4.69, 9.17) is 4.74 Å². The number of carbonyl (C=O) groups is 2. The third-order valence-corrected chi connectivity index (χ3v) is 4.74. The number of methoxy groups -OCH3 is 1. The Kier molecular flexibility index (Phi) is 6.32. The van der Waals surface area contributed by atoms with Crippen LogP contribution in [-0.4, -0.2) is 41.7 Å². The van der Waals surface area contributed by atoms with Crippen molar-refractivity contribution < 1.29 is 32.2 Å². The van der Waals surface area contributed by atoms with Gasteiger partial charge in [-0.1, -0.05) is 6.92 Å². The number of nitrogens with zero attached hydrogens (tertiary/aromatic N) is 2. The maximum absolute atomic E-state index is 12.5. The predicted molar refractivity (Wildman–Crippen MR) is 104 cm³/mol. The number of amides is 2. The molecule has 1 saturated carbocycles. The number of alkyl halides is 3. The van der Waals surface area contributed by atoms with Crippen LogP contribution in [0.25, 0.3) is 0 Å². The van der Waals surface area contributed by atoms with E-state index in [9.17, 15) is 22.8 Å². The van der Waals surface area contributed by atoms with Gasteiger partial charge in [0.05, 0.1) is 7.11 Å². The van der Waals surface area contributed by atoms with Crippen molar-refractivity contribution in [1.82, 2.24) is 15.3 Å². The molecule has 0 saturated heterocycles. The molecule has 0 unspecified atom stereocenters. The fourth-order valence-electron chi connectivity index (χ4n) is 2.60. The van der Waals surface area contributed by atoms with Crippen LogP contribution in [0.2, 0.25) is 0 Å². The van der Waals surface area contributed by atoms with Crippen LogP contribution in [0.1, 0.15) is 35.7 Å². The maximum atomic E-state index is 12.5. The Morgan fingerprint density at radius 3 is 2.61 bits per heavy atom. The molecule has 8 nitrogen and oxygen atoms in total. The summed E-state index contributed by atoms with van der Waals surface area (Å²) in [5.74, 6) is -0.518. The number of aromatic nitrogens is 2. The second-order valence-corrected chi connectivity index (χ2v) is 7.35. The van der Waals surface area contributed by atoms with E-state index >= 15 is 0 Å². The van der Waals surface area contributed by atoms with Crippen molar-refractivity contribution in [2.45, 2.75) is 32.5 Å². The van der Waals surface area contributed by atoms with E-state index < -0.39 is 18.7 Å². The van der Waals surface area contributed by atoms with Crippen molar-refractivity contribution >= 4 is 17.6 Å². The number of hydrogen-bond donors (Lipinski definition) is 2. The quantitative estimate of drug-likeness (QED) is 0.657. The van der Waals surface area contributed by atoms with Gasteiger partial charge in [0.25, 0.3) is 5.91 Å². The Balaban J connectivity index is 1.61. The highest BCUT2D eigenvalue weighted by molar-refractivity contribution is 5.98. The lowest BCUT2D eigenvalue weighted by Gasteiger charge is -2.13. The van der Waals surface area contributed by atoms with Gasteiger partial charge in [0.15, 0.2) is 6.61 Å². The molecule has 0 aliphatic heterocycles. The third kappa shape index (κ3) is 6.06. The number of nitrogens with one attached hydrogen (secondary N) is 2. The van der Waals surface area contributed by atoms with Gasteiger partial charge in [-0.15, -0.1) is 0 Å². The molecule has 2 N–H and O–H groups in total. The van der Waals surface area contributed by atoms with Gasteiger partial charge < -0.3 is 20.1 Å². The molecule has 2 amide bonds. The molecule has 166 valence electrons. The molecule has 1 aliphatic rings. The SMILES string of the molecule is COc1nc(OCC(F)(F)F)ccc1CNC(=O)c1ccnc(NC(=O)C2(C)CC2)c1. The van der Waals surface area contributed by atoms with Gasteiger partial charge >= 0.3 is 6.18 Å². The zero-order chi connectivity index (χ0) is 22.6. The van der Waals surface area contributed by atoms with E-state index in [1.54, 1.807) is 0 Å². The largest absolute Gasteiger partial charge is 0.481 e. The van der Waals surface area contributed by atoms with Crippen LogP contribution in [0.5, 0.6) is 11.8 Å². The zero-order valence-electron chi connectivity index (χ0n) is 16.9. The van der Waals surface area contributed by atoms with Gasteiger partial charge in [-0.25, -0.2) is 4.98 Å². The number of ether oxygens (including phenoxy) is 2.